The van der Waals surface area contributed by atoms with Crippen LogP contribution in [0.25, 0.3) is 39.2 Å². The molecule has 0 fully saturated rings. The number of benzene rings is 2. The van der Waals surface area contributed by atoms with E-state index in [0.717, 1.165) is 39.2 Å². The fourth-order valence-electron chi connectivity index (χ4n) is 2.92. The molecule has 0 amide bonds. The summed E-state index contributed by atoms with van der Waals surface area (Å²) >= 11 is 0. The van der Waals surface area contributed by atoms with Gasteiger partial charge in [-0.3, -0.25) is 4.40 Å². The van der Waals surface area contributed by atoms with Crippen molar-refractivity contribution >= 4 is 27.6 Å². The maximum Gasteiger partial charge on any atom is 0.183 e. The van der Waals surface area contributed by atoms with Crippen molar-refractivity contribution in [1.29, 1.82) is 0 Å². The summed E-state index contributed by atoms with van der Waals surface area (Å²) in [6.07, 6.45) is 1.66. The largest absolute Gasteiger partial charge is 0.461 e. The van der Waals surface area contributed by atoms with Gasteiger partial charge >= 0.3 is 0 Å². The minimum Gasteiger partial charge on any atom is -0.461 e. The van der Waals surface area contributed by atoms with Gasteiger partial charge < -0.3 is 4.42 Å². The zero-order valence-electron chi connectivity index (χ0n) is 11.6. The number of hydrogen-bond acceptors (Lipinski definition) is 3. The Labute approximate surface area is 125 Å². The summed E-state index contributed by atoms with van der Waals surface area (Å²) in [7, 11) is 0. The molecule has 0 radical (unpaired) electrons. The lowest BCUT2D eigenvalue weighted by Crippen LogP contribution is -1.96. The molecule has 0 saturated heterocycles. The molecule has 0 saturated carbocycles. The van der Waals surface area contributed by atoms with Crippen LogP contribution in [0.2, 0.25) is 0 Å². The fourth-order valence-corrected chi connectivity index (χ4v) is 2.92. The van der Waals surface area contributed by atoms with Gasteiger partial charge in [0.2, 0.25) is 0 Å². The molecule has 4 heteroatoms. The standard InChI is InChI=1S/C18H11N3O/c1-2-7-13-12(6-1)17-20-14-8-3-4-9-15(14)21(17)18(19-13)16-10-5-11-22-16/h1-11H. The number of aromatic nitrogens is 3. The minimum atomic E-state index is 0.735. The molecular formula is C18H11N3O. The number of nitrogens with zero attached hydrogens (tertiary/aromatic N) is 3. The monoisotopic (exact) mass is 285 g/mol. The lowest BCUT2D eigenvalue weighted by Gasteiger charge is -2.06. The summed E-state index contributed by atoms with van der Waals surface area (Å²) in [5.41, 5.74) is 3.80. The summed E-state index contributed by atoms with van der Waals surface area (Å²) < 4.78 is 7.65. The van der Waals surface area contributed by atoms with Gasteiger partial charge in [0.05, 0.1) is 22.8 Å². The molecule has 5 rings (SSSR count). The third-order valence-electron chi connectivity index (χ3n) is 3.89. The first kappa shape index (κ1) is 11.5. The molecule has 0 aliphatic carbocycles. The molecule has 0 atom stereocenters. The maximum absolute atomic E-state index is 5.58. The Balaban J connectivity index is 2.09. The van der Waals surface area contributed by atoms with Gasteiger partial charge in [0.15, 0.2) is 11.6 Å². The second kappa shape index (κ2) is 4.18. The molecule has 0 aliphatic heterocycles. The second-order valence-corrected chi connectivity index (χ2v) is 5.19. The Bertz CT molecular complexity index is 1120. The molecule has 4 nitrogen and oxygen atoms in total. The van der Waals surface area contributed by atoms with E-state index in [1.807, 2.05) is 48.5 Å². The average Bonchev–Trinajstić information content (AvgIpc) is 3.22. The molecule has 104 valence electrons. The van der Waals surface area contributed by atoms with E-state index in [4.69, 9.17) is 14.4 Å². The highest BCUT2D eigenvalue weighted by atomic mass is 16.3. The van der Waals surface area contributed by atoms with Crippen molar-refractivity contribution in [2.24, 2.45) is 0 Å². The molecule has 0 spiro atoms. The van der Waals surface area contributed by atoms with Gasteiger partial charge in [0, 0.05) is 5.39 Å². The summed E-state index contributed by atoms with van der Waals surface area (Å²) in [4.78, 5) is 9.59. The summed E-state index contributed by atoms with van der Waals surface area (Å²) in [5, 5.41) is 1.04. The molecule has 0 N–H and O–H groups in total. The van der Waals surface area contributed by atoms with E-state index in [0.29, 0.717) is 0 Å². The average molecular weight is 285 g/mol. The van der Waals surface area contributed by atoms with Crippen molar-refractivity contribution in [3.05, 3.63) is 66.9 Å². The van der Waals surface area contributed by atoms with Crippen LogP contribution in [0.4, 0.5) is 0 Å². The summed E-state index contributed by atoms with van der Waals surface area (Å²) in [5.74, 6) is 1.51. The van der Waals surface area contributed by atoms with Gasteiger partial charge in [-0.1, -0.05) is 24.3 Å². The van der Waals surface area contributed by atoms with Crippen molar-refractivity contribution < 1.29 is 4.42 Å². The van der Waals surface area contributed by atoms with Crippen molar-refractivity contribution in [1.82, 2.24) is 14.4 Å². The van der Waals surface area contributed by atoms with Crippen molar-refractivity contribution in [2.45, 2.75) is 0 Å². The lowest BCUT2D eigenvalue weighted by atomic mass is 10.2. The number of para-hydroxylation sites is 3. The van der Waals surface area contributed by atoms with Crippen LogP contribution in [0, 0.1) is 0 Å². The molecule has 0 bridgehead atoms. The Morgan fingerprint density at radius 2 is 1.59 bits per heavy atom. The number of imidazole rings is 1. The Morgan fingerprint density at radius 1 is 0.773 bits per heavy atom. The van der Waals surface area contributed by atoms with E-state index in [2.05, 4.69) is 16.5 Å². The van der Waals surface area contributed by atoms with E-state index in [1.54, 1.807) is 6.26 Å². The van der Waals surface area contributed by atoms with Crippen LogP contribution in [0.1, 0.15) is 0 Å². The number of fused-ring (bicyclic) bond motifs is 5. The van der Waals surface area contributed by atoms with E-state index in [9.17, 15) is 0 Å². The topological polar surface area (TPSA) is 43.3 Å². The van der Waals surface area contributed by atoms with E-state index in [-0.39, 0.29) is 0 Å². The second-order valence-electron chi connectivity index (χ2n) is 5.19. The highest BCUT2D eigenvalue weighted by Crippen LogP contribution is 2.29. The SMILES string of the molecule is c1coc(-c2nc3ccccc3c3nc4ccccc4n23)c1. The van der Waals surface area contributed by atoms with Crippen LogP contribution in [0.3, 0.4) is 0 Å². The van der Waals surface area contributed by atoms with Crippen molar-refractivity contribution in [3.63, 3.8) is 0 Å². The van der Waals surface area contributed by atoms with Gasteiger partial charge in [-0.05, 0) is 36.4 Å². The van der Waals surface area contributed by atoms with Crippen molar-refractivity contribution in [2.75, 3.05) is 0 Å². The van der Waals surface area contributed by atoms with Gasteiger partial charge in [-0.15, -0.1) is 0 Å². The van der Waals surface area contributed by atoms with Crippen LogP contribution in [-0.2, 0) is 0 Å². The zero-order chi connectivity index (χ0) is 14.5. The molecule has 22 heavy (non-hydrogen) atoms. The third kappa shape index (κ3) is 1.46. The summed E-state index contributed by atoms with van der Waals surface area (Å²) in [6.45, 7) is 0. The first-order valence-corrected chi connectivity index (χ1v) is 7.12. The van der Waals surface area contributed by atoms with Crippen LogP contribution in [-0.4, -0.2) is 14.4 Å². The fraction of sp³-hybridized carbons (Fsp3) is 0. The quantitative estimate of drug-likeness (QED) is 0.461. The van der Waals surface area contributed by atoms with Gasteiger partial charge in [-0.25, -0.2) is 9.97 Å². The first-order valence-electron chi connectivity index (χ1n) is 7.12. The first-order chi connectivity index (χ1) is 10.9. The molecule has 0 aliphatic rings. The van der Waals surface area contributed by atoms with Crippen LogP contribution in [0.5, 0.6) is 0 Å². The van der Waals surface area contributed by atoms with Gasteiger partial charge in [0.25, 0.3) is 0 Å². The van der Waals surface area contributed by atoms with Gasteiger partial charge in [0.1, 0.15) is 5.65 Å². The number of furan rings is 1. The Kier molecular flexibility index (Phi) is 2.19. The van der Waals surface area contributed by atoms with E-state index >= 15 is 0 Å². The van der Waals surface area contributed by atoms with Crippen LogP contribution in [0.15, 0.2) is 71.3 Å². The number of hydrogen-bond donors (Lipinski definition) is 0. The van der Waals surface area contributed by atoms with E-state index in [1.165, 1.54) is 0 Å². The lowest BCUT2D eigenvalue weighted by molar-refractivity contribution is 0.577. The third-order valence-corrected chi connectivity index (χ3v) is 3.89. The Morgan fingerprint density at radius 3 is 2.45 bits per heavy atom. The van der Waals surface area contributed by atoms with E-state index < -0.39 is 0 Å². The predicted octanol–water partition coefficient (Wildman–Crippen LogP) is 4.30. The van der Waals surface area contributed by atoms with Gasteiger partial charge in [-0.2, -0.15) is 0 Å². The Hall–Kier alpha value is -3.14. The molecule has 3 heterocycles. The molecule has 3 aromatic heterocycles. The molecule has 2 aromatic carbocycles. The minimum absolute atomic E-state index is 0.735. The molecule has 5 aromatic rings. The van der Waals surface area contributed by atoms with Crippen molar-refractivity contribution in [3.8, 4) is 11.6 Å². The predicted molar refractivity (Wildman–Crippen MR) is 85.7 cm³/mol. The normalized spacial score (nSPS) is 11.6. The molecule has 0 unspecified atom stereocenters. The molecular weight excluding hydrogens is 274 g/mol. The number of rotatable bonds is 1. The summed E-state index contributed by atoms with van der Waals surface area (Å²) in [6, 6.07) is 19.9. The van der Waals surface area contributed by atoms with Crippen LogP contribution < -0.4 is 0 Å². The maximum atomic E-state index is 5.58. The highest BCUT2D eigenvalue weighted by Gasteiger charge is 2.15. The zero-order valence-corrected chi connectivity index (χ0v) is 11.6. The smallest absolute Gasteiger partial charge is 0.183 e. The highest BCUT2D eigenvalue weighted by molar-refractivity contribution is 5.97. The van der Waals surface area contributed by atoms with Crippen LogP contribution >= 0.6 is 0 Å².